The van der Waals surface area contributed by atoms with E-state index in [2.05, 4.69) is 15.2 Å². The number of aromatic nitrogens is 3. The van der Waals surface area contributed by atoms with Crippen LogP contribution in [0.3, 0.4) is 0 Å². The lowest BCUT2D eigenvalue weighted by Gasteiger charge is -2.15. The molecule has 0 spiro atoms. The molecule has 0 bridgehead atoms. The first-order valence-electron chi connectivity index (χ1n) is 6.54. The second-order valence-electron chi connectivity index (χ2n) is 5.78. The number of H-pyrrole nitrogens is 1. The Kier molecular flexibility index (Phi) is 3.76. The van der Waals surface area contributed by atoms with E-state index in [4.69, 9.17) is 5.26 Å². The summed E-state index contributed by atoms with van der Waals surface area (Å²) in [5.74, 6) is 0.498. The topological polar surface area (TPSA) is 85.7 Å². The summed E-state index contributed by atoms with van der Waals surface area (Å²) in [6.07, 6.45) is 0. The summed E-state index contributed by atoms with van der Waals surface area (Å²) in [6.45, 7) is 5.98. The molecule has 0 fully saturated rings. The van der Waals surface area contributed by atoms with Crippen molar-refractivity contribution in [3.63, 3.8) is 0 Å². The third-order valence-electron chi connectivity index (χ3n) is 3.08. The molecule has 0 saturated heterocycles. The number of amides is 1. The number of hydrogen-bond acceptors (Lipinski definition) is 4. The Bertz CT molecular complexity index is 688. The van der Waals surface area contributed by atoms with Crippen molar-refractivity contribution in [3.05, 3.63) is 41.5 Å². The van der Waals surface area contributed by atoms with Crippen LogP contribution in [-0.2, 0) is 5.41 Å². The molecular weight excluding hydrogens is 266 g/mol. The average Bonchev–Trinajstić information content (AvgIpc) is 2.95. The van der Waals surface area contributed by atoms with Crippen LogP contribution in [0, 0.1) is 11.3 Å². The molecule has 0 aliphatic heterocycles. The van der Waals surface area contributed by atoms with Crippen molar-refractivity contribution in [1.82, 2.24) is 15.2 Å². The zero-order valence-corrected chi connectivity index (χ0v) is 12.5. The predicted molar refractivity (Wildman–Crippen MR) is 79.0 cm³/mol. The summed E-state index contributed by atoms with van der Waals surface area (Å²) in [7, 11) is 1.65. The number of carbonyl (C=O) groups excluding carboxylic acids is 1. The van der Waals surface area contributed by atoms with Gasteiger partial charge in [-0.3, -0.25) is 9.89 Å². The van der Waals surface area contributed by atoms with Gasteiger partial charge in [0, 0.05) is 18.2 Å². The second-order valence-corrected chi connectivity index (χ2v) is 5.78. The van der Waals surface area contributed by atoms with Crippen molar-refractivity contribution in [2.45, 2.75) is 26.2 Å². The molecule has 0 aliphatic rings. The highest BCUT2D eigenvalue weighted by Gasteiger charge is 2.23. The molecule has 1 heterocycles. The van der Waals surface area contributed by atoms with Crippen LogP contribution in [0.5, 0.6) is 0 Å². The Morgan fingerprint density at radius 2 is 1.90 bits per heavy atom. The number of aromatic amines is 1. The van der Waals surface area contributed by atoms with Gasteiger partial charge >= 0.3 is 0 Å². The molecule has 6 nitrogen and oxygen atoms in total. The van der Waals surface area contributed by atoms with Gasteiger partial charge in [-0.25, -0.2) is 4.98 Å². The summed E-state index contributed by atoms with van der Waals surface area (Å²) < 4.78 is 0. The Hall–Kier alpha value is -2.68. The molecule has 0 unspecified atom stereocenters. The van der Waals surface area contributed by atoms with Crippen LogP contribution in [0.15, 0.2) is 24.3 Å². The molecule has 108 valence electrons. The number of carbonyl (C=O) groups is 1. The number of nitriles is 1. The molecule has 0 aliphatic carbocycles. The van der Waals surface area contributed by atoms with E-state index >= 15 is 0 Å². The number of hydrogen-bond donors (Lipinski definition) is 1. The molecule has 21 heavy (non-hydrogen) atoms. The highest BCUT2D eigenvalue weighted by molar-refractivity contribution is 6.03. The second kappa shape index (κ2) is 5.37. The first kappa shape index (κ1) is 14.7. The molecule has 1 amide bonds. The van der Waals surface area contributed by atoms with Crippen LogP contribution in [-0.4, -0.2) is 28.1 Å². The van der Waals surface area contributed by atoms with Gasteiger partial charge in [0.05, 0.1) is 11.6 Å². The van der Waals surface area contributed by atoms with Crippen molar-refractivity contribution in [2.75, 3.05) is 11.9 Å². The molecule has 0 atom stereocenters. The van der Waals surface area contributed by atoms with Crippen LogP contribution in [0.1, 0.15) is 42.8 Å². The fraction of sp³-hybridized carbons (Fsp3) is 0.333. The van der Waals surface area contributed by atoms with Crippen molar-refractivity contribution in [1.29, 1.82) is 5.26 Å². The number of anilines is 1. The maximum atomic E-state index is 12.4. The summed E-state index contributed by atoms with van der Waals surface area (Å²) in [4.78, 5) is 18.1. The third kappa shape index (κ3) is 3.08. The van der Waals surface area contributed by atoms with E-state index < -0.39 is 0 Å². The van der Waals surface area contributed by atoms with Crippen LogP contribution < -0.4 is 4.90 Å². The molecule has 0 radical (unpaired) electrons. The third-order valence-corrected chi connectivity index (χ3v) is 3.08. The van der Waals surface area contributed by atoms with Gasteiger partial charge in [-0.2, -0.15) is 5.26 Å². The molecule has 1 aromatic carbocycles. The number of benzene rings is 1. The van der Waals surface area contributed by atoms with Crippen molar-refractivity contribution in [2.24, 2.45) is 0 Å². The van der Waals surface area contributed by atoms with Gasteiger partial charge in [0.25, 0.3) is 5.91 Å². The van der Waals surface area contributed by atoms with Crippen LogP contribution in [0.2, 0.25) is 0 Å². The van der Waals surface area contributed by atoms with E-state index in [-0.39, 0.29) is 17.1 Å². The quantitative estimate of drug-likeness (QED) is 0.915. The fourth-order valence-electron chi connectivity index (χ4n) is 1.72. The SMILES string of the molecule is CN(C(=O)c1n[nH]c(C(C)(C)C)n1)c1ccc(C#N)cc1. The number of nitrogens with one attached hydrogen (secondary N) is 1. The normalized spacial score (nSPS) is 11.0. The van der Waals surface area contributed by atoms with E-state index in [1.807, 2.05) is 26.8 Å². The Balaban J connectivity index is 2.22. The zero-order chi connectivity index (χ0) is 15.6. The molecule has 2 rings (SSSR count). The lowest BCUT2D eigenvalue weighted by atomic mass is 9.96. The average molecular weight is 283 g/mol. The molecular formula is C15H17N5O. The summed E-state index contributed by atoms with van der Waals surface area (Å²) >= 11 is 0. The van der Waals surface area contributed by atoms with E-state index in [9.17, 15) is 4.79 Å². The van der Waals surface area contributed by atoms with Crippen LogP contribution in [0.4, 0.5) is 5.69 Å². The van der Waals surface area contributed by atoms with Gasteiger partial charge in [-0.1, -0.05) is 20.8 Å². The minimum Gasteiger partial charge on any atom is -0.309 e. The monoisotopic (exact) mass is 283 g/mol. The lowest BCUT2D eigenvalue weighted by Crippen LogP contribution is -2.27. The first-order valence-corrected chi connectivity index (χ1v) is 6.54. The fourth-order valence-corrected chi connectivity index (χ4v) is 1.72. The Labute approximate surface area is 123 Å². The van der Waals surface area contributed by atoms with Gasteiger partial charge in [-0.05, 0) is 24.3 Å². The highest BCUT2D eigenvalue weighted by atomic mass is 16.2. The zero-order valence-electron chi connectivity index (χ0n) is 12.5. The van der Waals surface area contributed by atoms with Gasteiger partial charge < -0.3 is 4.90 Å². The van der Waals surface area contributed by atoms with Crippen molar-refractivity contribution >= 4 is 11.6 Å². The Morgan fingerprint density at radius 1 is 1.29 bits per heavy atom. The van der Waals surface area contributed by atoms with Crippen LogP contribution >= 0.6 is 0 Å². The van der Waals surface area contributed by atoms with Crippen molar-refractivity contribution < 1.29 is 4.79 Å². The molecule has 2 aromatic rings. The standard InChI is InChI=1S/C15H17N5O/c1-15(2,3)14-17-12(18-19-14)13(21)20(4)11-7-5-10(9-16)6-8-11/h5-8H,1-4H3,(H,17,18,19). The highest BCUT2D eigenvalue weighted by Crippen LogP contribution is 2.19. The van der Waals surface area contributed by atoms with Gasteiger partial charge in [0.2, 0.25) is 5.82 Å². The maximum Gasteiger partial charge on any atom is 0.297 e. The smallest absolute Gasteiger partial charge is 0.297 e. The summed E-state index contributed by atoms with van der Waals surface area (Å²) in [6, 6.07) is 8.80. The van der Waals surface area contributed by atoms with Gasteiger partial charge in [0.15, 0.2) is 0 Å². The number of rotatable bonds is 2. The maximum absolute atomic E-state index is 12.4. The minimum atomic E-state index is -0.300. The molecule has 0 saturated carbocycles. The number of nitrogens with zero attached hydrogens (tertiary/aromatic N) is 4. The van der Waals surface area contributed by atoms with E-state index in [0.717, 1.165) is 0 Å². The van der Waals surface area contributed by atoms with E-state index in [1.54, 1.807) is 31.3 Å². The van der Waals surface area contributed by atoms with E-state index in [0.29, 0.717) is 17.1 Å². The van der Waals surface area contributed by atoms with Crippen LogP contribution in [0.25, 0.3) is 0 Å². The lowest BCUT2D eigenvalue weighted by molar-refractivity contribution is 0.0983. The van der Waals surface area contributed by atoms with Crippen molar-refractivity contribution in [3.8, 4) is 6.07 Å². The molecule has 1 N–H and O–H groups in total. The van der Waals surface area contributed by atoms with E-state index in [1.165, 1.54) is 4.90 Å². The van der Waals surface area contributed by atoms with Gasteiger partial charge in [-0.15, -0.1) is 5.10 Å². The summed E-state index contributed by atoms with van der Waals surface area (Å²) in [5, 5.41) is 15.6. The largest absolute Gasteiger partial charge is 0.309 e. The molecule has 1 aromatic heterocycles. The molecule has 6 heteroatoms. The Morgan fingerprint density at radius 3 is 2.38 bits per heavy atom. The predicted octanol–water partition coefficient (Wildman–Crippen LogP) is 2.25. The minimum absolute atomic E-state index is 0.131. The first-order chi connectivity index (χ1) is 9.82. The van der Waals surface area contributed by atoms with Gasteiger partial charge in [0.1, 0.15) is 5.82 Å². The summed E-state index contributed by atoms with van der Waals surface area (Å²) in [5.41, 5.74) is 1.03.